The maximum Gasteiger partial charge on any atom is 0.115 e. The molecule has 2 aromatic heterocycles. The highest BCUT2D eigenvalue weighted by Gasteiger charge is 2.16. The van der Waals surface area contributed by atoms with Crippen LogP contribution in [0.25, 0.3) is 0 Å². The van der Waals surface area contributed by atoms with Crippen molar-refractivity contribution in [1.29, 1.82) is 0 Å². The molecule has 5 nitrogen and oxygen atoms in total. The van der Waals surface area contributed by atoms with Crippen LogP contribution in [-0.2, 0) is 13.0 Å². The Kier molecular flexibility index (Phi) is 4.08. The van der Waals surface area contributed by atoms with Crippen LogP contribution in [-0.4, -0.2) is 19.7 Å². The van der Waals surface area contributed by atoms with Crippen LogP contribution in [0.2, 0.25) is 0 Å². The van der Waals surface area contributed by atoms with Crippen LogP contribution in [0.15, 0.2) is 23.1 Å². The summed E-state index contributed by atoms with van der Waals surface area (Å²) in [6.45, 7) is 4.88. The summed E-state index contributed by atoms with van der Waals surface area (Å²) in [6.07, 6.45) is 3.93. The maximum atomic E-state index is 6.18. The maximum absolute atomic E-state index is 6.18. The lowest BCUT2D eigenvalue weighted by atomic mass is 10.1. The van der Waals surface area contributed by atoms with Gasteiger partial charge in [-0.2, -0.15) is 5.10 Å². The molecule has 0 aliphatic rings. The monoisotopic (exact) mass is 309 g/mol. The van der Waals surface area contributed by atoms with Gasteiger partial charge in [0.1, 0.15) is 6.33 Å². The summed E-state index contributed by atoms with van der Waals surface area (Å²) in [5.41, 5.74) is 9.12. The van der Waals surface area contributed by atoms with Gasteiger partial charge in [0.15, 0.2) is 0 Å². The van der Waals surface area contributed by atoms with Gasteiger partial charge in [-0.15, -0.1) is 0 Å². The van der Waals surface area contributed by atoms with Crippen LogP contribution in [0.3, 0.4) is 0 Å². The third-order valence-electron chi connectivity index (χ3n) is 2.85. The smallest absolute Gasteiger partial charge is 0.115 e. The van der Waals surface area contributed by atoms with E-state index in [2.05, 4.69) is 37.9 Å². The second-order valence-corrected chi connectivity index (χ2v) is 4.90. The van der Waals surface area contributed by atoms with Crippen molar-refractivity contribution in [3.8, 4) is 0 Å². The fourth-order valence-electron chi connectivity index (χ4n) is 1.90. The molecule has 1 atom stereocenters. The van der Waals surface area contributed by atoms with Crippen molar-refractivity contribution in [1.82, 2.24) is 19.7 Å². The van der Waals surface area contributed by atoms with E-state index in [4.69, 9.17) is 5.73 Å². The zero-order chi connectivity index (χ0) is 13.1. The molecule has 0 aromatic carbocycles. The van der Waals surface area contributed by atoms with Gasteiger partial charge in [0.2, 0.25) is 0 Å². The molecule has 0 fully saturated rings. The molecule has 2 aromatic rings. The van der Waals surface area contributed by atoms with Gasteiger partial charge in [0.05, 0.1) is 27.6 Å². The number of nitrogens with zero attached hydrogens (tertiary/aromatic N) is 4. The minimum Gasteiger partial charge on any atom is -0.322 e. The van der Waals surface area contributed by atoms with Crippen molar-refractivity contribution in [2.75, 3.05) is 0 Å². The molecule has 18 heavy (non-hydrogen) atoms. The SMILES string of the molecule is CCn1nc(C)c(Br)c1CC(N)c1ccncn1. The minimum atomic E-state index is -0.148. The van der Waals surface area contributed by atoms with Crippen LogP contribution in [0.1, 0.15) is 30.0 Å². The van der Waals surface area contributed by atoms with E-state index < -0.39 is 0 Å². The summed E-state index contributed by atoms with van der Waals surface area (Å²) in [4.78, 5) is 8.08. The molecule has 2 heterocycles. The Morgan fingerprint density at radius 1 is 1.50 bits per heavy atom. The number of aromatic nitrogens is 4. The molecule has 0 amide bonds. The van der Waals surface area contributed by atoms with Gasteiger partial charge in [0.25, 0.3) is 0 Å². The Morgan fingerprint density at radius 2 is 2.28 bits per heavy atom. The van der Waals surface area contributed by atoms with Crippen LogP contribution in [0.5, 0.6) is 0 Å². The van der Waals surface area contributed by atoms with Gasteiger partial charge in [-0.3, -0.25) is 4.68 Å². The molecule has 1 unspecified atom stereocenters. The van der Waals surface area contributed by atoms with Gasteiger partial charge in [-0.05, 0) is 35.8 Å². The Balaban J connectivity index is 2.24. The second-order valence-electron chi connectivity index (χ2n) is 4.11. The molecule has 0 radical (unpaired) electrons. The first-order valence-corrected chi connectivity index (χ1v) is 6.66. The number of hydrogen-bond acceptors (Lipinski definition) is 4. The lowest BCUT2D eigenvalue weighted by molar-refractivity contribution is 0.580. The van der Waals surface area contributed by atoms with E-state index in [0.717, 1.165) is 28.1 Å². The Hall–Kier alpha value is -1.27. The molecule has 2 N–H and O–H groups in total. The first-order valence-electron chi connectivity index (χ1n) is 5.86. The first-order chi connectivity index (χ1) is 8.63. The van der Waals surface area contributed by atoms with Crippen molar-refractivity contribution >= 4 is 15.9 Å². The normalized spacial score (nSPS) is 12.7. The van der Waals surface area contributed by atoms with Crippen LogP contribution < -0.4 is 5.73 Å². The molecule has 96 valence electrons. The van der Waals surface area contributed by atoms with E-state index in [-0.39, 0.29) is 6.04 Å². The Labute approximate surface area is 115 Å². The van der Waals surface area contributed by atoms with E-state index in [1.807, 2.05) is 17.7 Å². The summed E-state index contributed by atoms with van der Waals surface area (Å²) in [5, 5.41) is 4.46. The summed E-state index contributed by atoms with van der Waals surface area (Å²) in [5.74, 6) is 0. The quantitative estimate of drug-likeness (QED) is 0.938. The van der Waals surface area contributed by atoms with Crippen molar-refractivity contribution in [2.45, 2.75) is 32.9 Å². The Morgan fingerprint density at radius 3 is 2.89 bits per heavy atom. The van der Waals surface area contributed by atoms with Crippen molar-refractivity contribution < 1.29 is 0 Å². The summed E-state index contributed by atoms with van der Waals surface area (Å²) in [6, 6.07) is 1.70. The molecule has 6 heteroatoms. The Bertz CT molecular complexity index is 523. The largest absolute Gasteiger partial charge is 0.322 e. The lowest BCUT2D eigenvalue weighted by Crippen LogP contribution is -2.17. The molecule has 0 aliphatic carbocycles. The molecular formula is C12H16BrN5. The zero-order valence-corrected chi connectivity index (χ0v) is 12.1. The molecule has 0 saturated heterocycles. The minimum absolute atomic E-state index is 0.148. The van der Waals surface area contributed by atoms with E-state index in [9.17, 15) is 0 Å². The molecule has 0 bridgehead atoms. The van der Waals surface area contributed by atoms with Gasteiger partial charge < -0.3 is 5.73 Å². The third-order valence-corrected chi connectivity index (χ3v) is 3.88. The average Bonchev–Trinajstić information content (AvgIpc) is 2.67. The van der Waals surface area contributed by atoms with Crippen LogP contribution >= 0.6 is 15.9 Å². The van der Waals surface area contributed by atoms with E-state index >= 15 is 0 Å². The third kappa shape index (κ3) is 2.59. The average molecular weight is 310 g/mol. The summed E-state index contributed by atoms with van der Waals surface area (Å²) < 4.78 is 3.01. The van der Waals surface area contributed by atoms with Crippen molar-refractivity contribution in [3.05, 3.63) is 40.1 Å². The van der Waals surface area contributed by atoms with Crippen molar-refractivity contribution in [2.24, 2.45) is 5.73 Å². The number of hydrogen-bond donors (Lipinski definition) is 1. The van der Waals surface area contributed by atoms with Crippen molar-refractivity contribution in [3.63, 3.8) is 0 Å². The predicted molar refractivity (Wildman–Crippen MR) is 73.0 cm³/mol. The van der Waals surface area contributed by atoms with Gasteiger partial charge >= 0.3 is 0 Å². The predicted octanol–water partition coefficient (Wildman–Crippen LogP) is 2.01. The number of halogens is 1. The summed E-state index contributed by atoms with van der Waals surface area (Å²) >= 11 is 3.57. The number of rotatable bonds is 4. The van der Waals surface area contributed by atoms with Crippen LogP contribution in [0.4, 0.5) is 0 Å². The molecular weight excluding hydrogens is 294 g/mol. The highest BCUT2D eigenvalue weighted by molar-refractivity contribution is 9.10. The highest BCUT2D eigenvalue weighted by atomic mass is 79.9. The molecule has 2 rings (SSSR count). The molecule has 0 aliphatic heterocycles. The molecule has 0 saturated carbocycles. The van der Waals surface area contributed by atoms with E-state index in [1.165, 1.54) is 6.33 Å². The topological polar surface area (TPSA) is 69.6 Å². The molecule has 0 spiro atoms. The highest BCUT2D eigenvalue weighted by Crippen LogP contribution is 2.24. The number of nitrogens with two attached hydrogens (primary N) is 1. The first kappa shape index (κ1) is 13.2. The second kappa shape index (κ2) is 5.58. The number of aryl methyl sites for hydroxylation is 2. The fourth-order valence-corrected chi connectivity index (χ4v) is 2.34. The van der Waals surface area contributed by atoms with E-state index in [0.29, 0.717) is 6.42 Å². The summed E-state index contributed by atoms with van der Waals surface area (Å²) in [7, 11) is 0. The van der Waals surface area contributed by atoms with Crippen LogP contribution in [0, 0.1) is 6.92 Å². The van der Waals surface area contributed by atoms with Gasteiger partial charge in [-0.25, -0.2) is 9.97 Å². The standard InChI is InChI=1S/C12H16BrN5/c1-3-18-11(12(13)8(2)17-18)6-9(14)10-4-5-15-7-16-10/h4-5,7,9H,3,6,14H2,1-2H3. The van der Waals surface area contributed by atoms with E-state index in [1.54, 1.807) is 6.20 Å². The van der Waals surface area contributed by atoms with Gasteiger partial charge in [-0.1, -0.05) is 0 Å². The zero-order valence-electron chi connectivity index (χ0n) is 10.5. The fraction of sp³-hybridized carbons (Fsp3) is 0.417. The van der Waals surface area contributed by atoms with Gasteiger partial charge in [0, 0.05) is 19.2 Å². The lowest BCUT2D eigenvalue weighted by Gasteiger charge is -2.12.